The Morgan fingerprint density at radius 3 is 2.88 bits per heavy atom. The Kier molecular flexibility index (Phi) is 11.7. The molecule has 0 aliphatic carbocycles. The van der Waals surface area contributed by atoms with Crippen LogP contribution in [0.25, 0.3) is 0 Å². The average Bonchev–Trinajstić information content (AvgIpc) is 2.87. The van der Waals surface area contributed by atoms with Crippen molar-refractivity contribution in [2.45, 2.75) is 45.6 Å². The van der Waals surface area contributed by atoms with Crippen LogP contribution in [-0.2, 0) is 11.3 Å². The number of halogens is 2. The molecule has 142 valence electrons. The third kappa shape index (κ3) is 8.72. The van der Waals surface area contributed by atoms with Gasteiger partial charge < -0.3 is 15.5 Å². The van der Waals surface area contributed by atoms with Crippen molar-refractivity contribution in [3.8, 4) is 0 Å². The van der Waals surface area contributed by atoms with E-state index in [1.165, 1.54) is 11.3 Å². The average molecular weight is 543 g/mol. The topological polar surface area (TPSA) is 56.7 Å². The minimum atomic E-state index is 0. The minimum Gasteiger partial charge on any atom is -0.357 e. The summed E-state index contributed by atoms with van der Waals surface area (Å²) in [7, 11) is 0. The van der Waals surface area contributed by atoms with Gasteiger partial charge in [-0.25, -0.2) is 4.99 Å². The third-order valence-corrected chi connectivity index (χ3v) is 5.54. The molecule has 8 heteroatoms. The Morgan fingerprint density at radius 1 is 1.32 bits per heavy atom. The molecule has 0 atom stereocenters. The summed E-state index contributed by atoms with van der Waals surface area (Å²) in [5.41, 5.74) is 0. The molecule has 1 aliphatic rings. The van der Waals surface area contributed by atoms with Crippen molar-refractivity contribution in [2.75, 3.05) is 26.2 Å². The minimum absolute atomic E-state index is 0. The van der Waals surface area contributed by atoms with Crippen molar-refractivity contribution >= 4 is 63.1 Å². The number of hydrogen-bond acceptors (Lipinski definition) is 3. The van der Waals surface area contributed by atoms with Crippen molar-refractivity contribution in [3.63, 3.8) is 0 Å². The molecule has 5 nitrogen and oxygen atoms in total. The van der Waals surface area contributed by atoms with Crippen molar-refractivity contribution in [3.05, 3.63) is 20.8 Å². The molecule has 2 N–H and O–H groups in total. The fourth-order valence-electron chi connectivity index (χ4n) is 2.69. The Bertz CT molecular complexity index is 553. The van der Waals surface area contributed by atoms with Gasteiger partial charge in [-0.1, -0.05) is 6.42 Å². The second-order valence-electron chi connectivity index (χ2n) is 5.87. The van der Waals surface area contributed by atoms with Gasteiger partial charge in [0.2, 0.25) is 5.91 Å². The molecule has 1 saturated heterocycles. The summed E-state index contributed by atoms with van der Waals surface area (Å²) in [4.78, 5) is 19.8. The molecule has 0 bridgehead atoms. The molecule has 0 spiro atoms. The second kappa shape index (κ2) is 12.9. The summed E-state index contributed by atoms with van der Waals surface area (Å²) in [6.45, 7) is 6.16. The highest BCUT2D eigenvalue weighted by molar-refractivity contribution is 14.0. The van der Waals surface area contributed by atoms with Crippen LogP contribution in [0.15, 0.2) is 20.9 Å². The van der Waals surface area contributed by atoms with Gasteiger partial charge in [-0.05, 0) is 54.2 Å². The molecular weight excluding hydrogens is 515 g/mol. The van der Waals surface area contributed by atoms with E-state index in [1.54, 1.807) is 11.3 Å². The lowest BCUT2D eigenvalue weighted by atomic mass is 10.2. The van der Waals surface area contributed by atoms with E-state index in [4.69, 9.17) is 0 Å². The van der Waals surface area contributed by atoms with Crippen LogP contribution in [0.4, 0.5) is 0 Å². The maximum Gasteiger partial charge on any atom is 0.222 e. The molecule has 2 rings (SSSR count). The first kappa shape index (κ1) is 22.7. The lowest BCUT2D eigenvalue weighted by Gasteiger charge is -2.20. The van der Waals surface area contributed by atoms with Gasteiger partial charge in [0, 0.05) is 37.5 Å². The fourth-order valence-corrected chi connectivity index (χ4v) is 4.09. The van der Waals surface area contributed by atoms with E-state index in [0.717, 1.165) is 55.2 Å². The van der Waals surface area contributed by atoms with Crippen LogP contribution in [-0.4, -0.2) is 42.9 Å². The maximum absolute atomic E-state index is 12.0. The fraction of sp³-hybridized carbons (Fsp3) is 0.647. The molecule has 0 saturated carbocycles. The molecule has 1 aromatic heterocycles. The summed E-state index contributed by atoms with van der Waals surface area (Å²) in [6.07, 6.45) is 5.02. The van der Waals surface area contributed by atoms with E-state index in [9.17, 15) is 4.79 Å². The highest BCUT2D eigenvalue weighted by Crippen LogP contribution is 2.22. The van der Waals surface area contributed by atoms with Crippen molar-refractivity contribution in [1.29, 1.82) is 0 Å². The van der Waals surface area contributed by atoms with E-state index in [2.05, 4.69) is 44.5 Å². The summed E-state index contributed by atoms with van der Waals surface area (Å²) >= 11 is 5.18. The third-order valence-electron chi connectivity index (χ3n) is 3.93. The predicted molar refractivity (Wildman–Crippen MR) is 120 cm³/mol. The van der Waals surface area contributed by atoms with Crippen molar-refractivity contribution < 1.29 is 4.79 Å². The van der Waals surface area contributed by atoms with Crippen molar-refractivity contribution in [1.82, 2.24) is 15.5 Å². The lowest BCUT2D eigenvalue weighted by molar-refractivity contribution is -0.130. The van der Waals surface area contributed by atoms with Gasteiger partial charge in [0.1, 0.15) is 0 Å². The molecule has 1 fully saturated rings. The van der Waals surface area contributed by atoms with Gasteiger partial charge >= 0.3 is 0 Å². The SMILES string of the molecule is CCNC(=NCc1ccc(Br)s1)NCCCN1CCCCCC1=O.I. The number of amides is 1. The number of hydrogen-bond donors (Lipinski definition) is 2. The molecule has 2 heterocycles. The lowest BCUT2D eigenvalue weighted by Crippen LogP contribution is -2.39. The highest BCUT2D eigenvalue weighted by Gasteiger charge is 2.15. The molecular formula is C17H28BrIN4OS. The Labute approximate surface area is 180 Å². The highest BCUT2D eigenvalue weighted by atomic mass is 127. The molecule has 0 aromatic carbocycles. The van der Waals surface area contributed by atoms with E-state index in [-0.39, 0.29) is 24.0 Å². The zero-order chi connectivity index (χ0) is 17.2. The van der Waals surface area contributed by atoms with Crippen LogP contribution in [0.1, 0.15) is 43.9 Å². The number of carbonyl (C=O) groups is 1. The van der Waals surface area contributed by atoms with E-state index >= 15 is 0 Å². The Balaban J connectivity index is 0.00000312. The number of carbonyl (C=O) groups excluding carboxylic acids is 1. The summed E-state index contributed by atoms with van der Waals surface area (Å²) in [6, 6.07) is 4.14. The summed E-state index contributed by atoms with van der Waals surface area (Å²) in [5, 5.41) is 6.63. The molecule has 1 aromatic rings. The number of likely N-dealkylation sites (tertiary alicyclic amines) is 1. The first-order valence-electron chi connectivity index (χ1n) is 8.73. The molecule has 0 radical (unpaired) electrons. The van der Waals surface area contributed by atoms with Crippen LogP contribution >= 0.6 is 51.2 Å². The monoisotopic (exact) mass is 542 g/mol. The Morgan fingerprint density at radius 2 is 2.16 bits per heavy atom. The number of guanidine groups is 1. The summed E-state index contributed by atoms with van der Waals surface area (Å²) in [5.74, 6) is 1.15. The zero-order valence-electron chi connectivity index (χ0n) is 14.7. The largest absolute Gasteiger partial charge is 0.357 e. The van der Waals surface area contributed by atoms with Gasteiger partial charge in [-0.15, -0.1) is 35.3 Å². The maximum atomic E-state index is 12.0. The first-order valence-corrected chi connectivity index (χ1v) is 10.3. The van der Waals surface area contributed by atoms with Crippen molar-refractivity contribution in [2.24, 2.45) is 4.99 Å². The standard InChI is InChI=1S/C17H27BrN4OS.HI/c1-2-19-17(21-13-14-8-9-15(18)24-14)20-10-6-12-22-11-5-3-4-7-16(22)23;/h8-9H,2-7,10-13H2,1H3,(H2,19,20,21);1H. The van der Waals surface area contributed by atoms with Gasteiger partial charge in [0.15, 0.2) is 5.96 Å². The van der Waals surface area contributed by atoms with Gasteiger partial charge in [-0.3, -0.25) is 4.79 Å². The van der Waals surface area contributed by atoms with Crippen LogP contribution < -0.4 is 10.6 Å². The number of thiophene rings is 1. The van der Waals surface area contributed by atoms with E-state index < -0.39 is 0 Å². The molecule has 25 heavy (non-hydrogen) atoms. The normalized spacial score (nSPS) is 15.5. The first-order chi connectivity index (χ1) is 11.7. The van der Waals surface area contributed by atoms with E-state index in [1.807, 2.05) is 11.0 Å². The van der Waals surface area contributed by atoms with Gasteiger partial charge in [-0.2, -0.15) is 0 Å². The van der Waals surface area contributed by atoms with Crippen LogP contribution in [0.5, 0.6) is 0 Å². The second-order valence-corrected chi connectivity index (χ2v) is 8.42. The number of rotatable bonds is 7. The van der Waals surface area contributed by atoms with Gasteiger partial charge in [0.05, 0.1) is 10.3 Å². The zero-order valence-corrected chi connectivity index (χ0v) is 19.5. The van der Waals surface area contributed by atoms with Gasteiger partial charge in [0.25, 0.3) is 0 Å². The number of aliphatic imine (C=N–C) groups is 1. The van der Waals surface area contributed by atoms with E-state index in [0.29, 0.717) is 18.9 Å². The van der Waals surface area contributed by atoms with Crippen LogP contribution in [0.3, 0.4) is 0 Å². The smallest absolute Gasteiger partial charge is 0.222 e. The quantitative estimate of drug-likeness (QED) is 0.237. The molecule has 0 unspecified atom stereocenters. The van der Waals surface area contributed by atoms with Crippen LogP contribution in [0, 0.1) is 0 Å². The predicted octanol–water partition coefficient (Wildman–Crippen LogP) is 3.98. The number of nitrogens with zero attached hydrogens (tertiary/aromatic N) is 2. The Hall–Kier alpha value is -0.350. The summed E-state index contributed by atoms with van der Waals surface area (Å²) < 4.78 is 1.13. The van der Waals surface area contributed by atoms with Crippen LogP contribution in [0.2, 0.25) is 0 Å². The molecule has 1 amide bonds. The number of nitrogens with one attached hydrogen (secondary N) is 2. The molecule has 1 aliphatic heterocycles.